The third-order valence-electron chi connectivity index (χ3n) is 5.65. The molecule has 0 aromatic heterocycles. The highest BCUT2D eigenvalue weighted by molar-refractivity contribution is 6.00. The molecule has 37 heavy (non-hydrogen) atoms. The minimum atomic E-state index is -1.34. The summed E-state index contributed by atoms with van der Waals surface area (Å²) in [4.78, 5) is 41.4. The molecule has 0 spiro atoms. The van der Waals surface area contributed by atoms with E-state index in [0.29, 0.717) is 16.8 Å². The van der Waals surface area contributed by atoms with Crippen LogP contribution in [0.5, 0.6) is 0 Å². The first kappa shape index (κ1) is 29.4. The smallest absolute Gasteiger partial charge is 0.408 e. The molecule has 8 heteroatoms. The zero-order chi connectivity index (χ0) is 27.9. The Morgan fingerprint density at radius 2 is 1.65 bits per heavy atom. The first-order chi connectivity index (χ1) is 17.3. The number of anilines is 1. The molecule has 3 N–H and O–H groups in total. The lowest BCUT2D eigenvalue weighted by atomic mass is 9.96. The summed E-state index contributed by atoms with van der Waals surface area (Å²) in [6.07, 6.45) is 4.90. The Labute approximate surface area is 219 Å². The SMILES string of the molecule is C#Cc1ccccc1C(C(=O)Nc1c(C)cccc1C)N(C(=O)C(CO)NC(=O)OC(C)(C)C)C(C)C. The molecule has 0 fully saturated rings. The van der Waals surface area contributed by atoms with Crippen LogP contribution in [0.3, 0.4) is 0 Å². The van der Waals surface area contributed by atoms with Gasteiger partial charge >= 0.3 is 6.09 Å². The highest BCUT2D eigenvalue weighted by Gasteiger charge is 2.38. The zero-order valence-electron chi connectivity index (χ0n) is 22.6. The van der Waals surface area contributed by atoms with E-state index in [1.807, 2.05) is 32.0 Å². The molecule has 3 amide bonds. The zero-order valence-corrected chi connectivity index (χ0v) is 22.6. The number of amides is 3. The summed E-state index contributed by atoms with van der Waals surface area (Å²) < 4.78 is 5.26. The number of carbonyl (C=O) groups excluding carboxylic acids is 3. The lowest BCUT2D eigenvalue weighted by Crippen LogP contribution is -2.55. The van der Waals surface area contributed by atoms with Gasteiger partial charge in [-0.25, -0.2) is 4.79 Å². The van der Waals surface area contributed by atoms with Crippen LogP contribution in [-0.2, 0) is 14.3 Å². The Hall–Kier alpha value is -3.83. The lowest BCUT2D eigenvalue weighted by Gasteiger charge is -2.37. The number of aryl methyl sites for hydroxylation is 2. The number of nitrogens with one attached hydrogen (secondary N) is 2. The van der Waals surface area contributed by atoms with Crippen molar-refractivity contribution < 1.29 is 24.2 Å². The minimum Gasteiger partial charge on any atom is -0.444 e. The van der Waals surface area contributed by atoms with Crippen LogP contribution in [-0.4, -0.2) is 52.2 Å². The van der Waals surface area contributed by atoms with Crippen molar-refractivity contribution in [3.8, 4) is 12.3 Å². The van der Waals surface area contributed by atoms with Crippen molar-refractivity contribution in [3.05, 3.63) is 64.7 Å². The van der Waals surface area contributed by atoms with E-state index < -0.39 is 48.2 Å². The van der Waals surface area contributed by atoms with Crippen molar-refractivity contribution >= 4 is 23.6 Å². The van der Waals surface area contributed by atoms with Gasteiger partial charge < -0.3 is 25.4 Å². The number of hydrogen-bond acceptors (Lipinski definition) is 5. The molecule has 8 nitrogen and oxygen atoms in total. The Kier molecular flexibility index (Phi) is 9.87. The average Bonchev–Trinajstić information content (AvgIpc) is 2.81. The number of aliphatic hydroxyl groups excluding tert-OH is 1. The van der Waals surface area contributed by atoms with E-state index in [9.17, 15) is 19.5 Å². The summed E-state index contributed by atoms with van der Waals surface area (Å²) in [7, 11) is 0. The van der Waals surface area contributed by atoms with Crippen molar-refractivity contribution in [3.63, 3.8) is 0 Å². The van der Waals surface area contributed by atoms with Crippen LogP contribution in [0.25, 0.3) is 0 Å². The molecule has 2 unspecified atom stereocenters. The van der Waals surface area contributed by atoms with Gasteiger partial charge in [-0.1, -0.05) is 42.3 Å². The van der Waals surface area contributed by atoms with Gasteiger partial charge in [-0.05, 0) is 71.2 Å². The largest absolute Gasteiger partial charge is 0.444 e. The number of ether oxygens (including phenoxy) is 1. The third kappa shape index (κ3) is 7.58. The molecule has 0 aliphatic rings. The quantitative estimate of drug-likeness (QED) is 0.467. The molecule has 2 aromatic rings. The van der Waals surface area contributed by atoms with Crippen LogP contribution in [0, 0.1) is 26.2 Å². The molecule has 2 atom stereocenters. The maximum Gasteiger partial charge on any atom is 0.408 e. The summed E-state index contributed by atoms with van der Waals surface area (Å²) in [5.41, 5.74) is 2.45. The molecule has 0 saturated heterocycles. The van der Waals surface area contributed by atoms with Crippen LogP contribution >= 0.6 is 0 Å². The summed E-state index contributed by atoms with van der Waals surface area (Å²) >= 11 is 0. The first-order valence-corrected chi connectivity index (χ1v) is 12.2. The molecule has 0 bridgehead atoms. The van der Waals surface area contributed by atoms with Crippen LogP contribution in [0.4, 0.5) is 10.5 Å². The molecule has 2 rings (SSSR count). The maximum atomic E-state index is 13.9. The summed E-state index contributed by atoms with van der Waals surface area (Å²) in [5.74, 6) is 1.46. The van der Waals surface area contributed by atoms with Gasteiger partial charge in [-0.3, -0.25) is 9.59 Å². The number of alkyl carbamates (subject to hydrolysis) is 1. The monoisotopic (exact) mass is 507 g/mol. The van der Waals surface area contributed by atoms with Crippen molar-refractivity contribution in [1.29, 1.82) is 0 Å². The second-order valence-corrected chi connectivity index (χ2v) is 10.1. The van der Waals surface area contributed by atoms with Crippen LogP contribution in [0.15, 0.2) is 42.5 Å². The van der Waals surface area contributed by atoms with Gasteiger partial charge in [0.1, 0.15) is 17.7 Å². The second-order valence-electron chi connectivity index (χ2n) is 10.1. The number of aliphatic hydroxyl groups is 1. The van der Waals surface area contributed by atoms with E-state index in [1.54, 1.807) is 58.9 Å². The number of nitrogens with zero attached hydrogens (tertiary/aromatic N) is 1. The van der Waals surface area contributed by atoms with E-state index in [-0.39, 0.29) is 0 Å². The van der Waals surface area contributed by atoms with Crippen molar-refractivity contribution in [2.75, 3.05) is 11.9 Å². The fourth-order valence-corrected chi connectivity index (χ4v) is 3.98. The van der Waals surface area contributed by atoms with E-state index in [4.69, 9.17) is 11.2 Å². The van der Waals surface area contributed by atoms with Gasteiger partial charge in [-0.2, -0.15) is 0 Å². The molecule has 0 saturated carbocycles. The molecule has 0 radical (unpaired) electrons. The van der Waals surface area contributed by atoms with E-state index in [0.717, 1.165) is 11.1 Å². The van der Waals surface area contributed by atoms with Crippen LogP contribution in [0.1, 0.15) is 62.9 Å². The summed E-state index contributed by atoms with van der Waals surface area (Å²) in [6.45, 7) is 11.6. The van der Waals surface area contributed by atoms with Gasteiger partial charge in [0.05, 0.1) is 6.61 Å². The van der Waals surface area contributed by atoms with Gasteiger partial charge in [0.25, 0.3) is 5.91 Å². The Morgan fingerprint density at radius 3 is 2.16 bits per heavy atom. The molecule has 198 valence electrons. The molecule has 0 aliphatic heterocycles. The molecular formula is C29H37N3O5. The van der Waals surface area contributed by atoms with E-state index >= 15 is 0 Å². The Bertz CT molecular complexity index is 1160. The van der Waals surface area contributed by atoms with Gasteiger partial charge in [0.15, 0.2) is 0 Å². The van der Waals surface area contributed by atoms with Crippen molar-refractivity contribution in [1.82, 2.24) is 10.2 Å². The van der Waals surface area contributed by atoms with Gasteiger partial charge in [-0.15, -0.1) is 6.42 Å². The van der Waals surface area contributed by atoms with Gasteiger partial charge in [0, 0.05) is 17.3 Å². The van der Waals surface area contributed by atoms with E-state index in [1.165, 1.54) is 4.90 Å². The number of terminal acetylenes is 1. The van der Waals surface area contributed by atoms with Gasteiger partial charge in [0.2, 0.25) is 5.91 Å². The topological polar surface area (TPSA) is 108 Å². The van der Waals surface area contributed by atoms with Crippen molar-refractivity contribution in [2.24, 2.45) is 0 Å². The lowest BCUT2D eigenvalue weighted by molar-refractivity contribution is -0.143. The standard InChI is InChI=1S/C29H37N3O5/c1-9-21-15-10-11-16-22(21)25(26(34)31-24-19(4)13-12-14-20(24)5)32(18(2)3)27(35)23(17-33)30-28(36)37-29(6,7)8/h1,10-16,18,23,25,33H,17H2,2-8H3,(H,30,36)(H,31,34). The number of rotatable bonds is 8. The fourth-order valence-electron chi connectivity index (χ4n) is 3.98. The molecular weight excluding hydrogens is 470 g/mol. The van der Waals surface area contributed by atoms with Crippen LogP contribution < -0.4 is 10.6 Å². The fraction of sp³-hybridized carbons (Fsp3) is 0.414. The number of hydrogen-bond donors (Lipinski definition) is 3. The molecule has 0 aliphatic carbocycles. The predicted octanol–water partition coefficient (Wildman–Crippen LogP) is 4.09. The third-order valence-corrected chi connectivity index (χ3v) is 5.65. The highest BCUT2D eigenvalue weighted by atomic mass is 16.6. The summed E-state index contributed by atoms with van der Waals surface area (Å²) in [6, 6.07) is 9.55. The molecule has 2 aromatic carbocycles. The summed E-state index contributed by atoms with van der Waals surface area (Å²) in [5, 5.41) is 15.4. The second kappa shape index (κ2) is 12.4. The highest BCUT2D eigenvalue weighted by Crippen LogP contribution is 2.30. The normalized spacial score (nSPS) is 12.8. The van der Waals surface area contributed by atoms with Crippen molar-refractivity contribution in [2.45, 2.75) is 72.2 Å². The van der Waals surface area contributed by atoms with Crippen LogP contribution in [0.2, 0.25) is 0 Å². The molecule has 0 heterocycles. The predicted molar refractivity (Wildman–Crippen MR) is 144 cm³/mol. The number of benzene rings is 2. The number of para-hydroxylation sites is 1. The Morgan fingerprint density at radius 1 is 1.05 bits per heavy atom. The maximum absolute atomic E-state index is 13.9. The first-order valence-electron chi connectivity index (χ1n) is 12.2. The number of carbonyl (C=O) groups is 3. The minimum absolute atomic E-state index is 0.447. The average molecular weight is 508 g/mol. The van der Waals surface area contributed by atoms with E-state index in [2.05, 4.69) is 16.6 Å². The Balaban J connectivity index is 2.57.